The Morgan fingerprint density at radius 2 is 2.31 bits per heavy atom. The third-order valence-corrected chi connectivity index (χ3v) is 3.75. The van der Waals surface area contributed by atoms with Gasteiger partial charge in [0.1, 0.15) is 0 Å². The number of ether oxygens (including phenoxy) is 1. The summed E-state index contributed by atoms with van der Waals surface area (Å²) in [7, 11) is 0. The summed E-state index contributed by atoms with van der Waals surface area (Å²) in [5.41, 5.74) is 1.37. The second kappa shape index (κ2) is 7.40. The van der Waals surface area contributed by atoms with Crippen molar-refractivity contribution in [2.45, 2.75) is 19.9 Å². The topological polar surface area (TPSA) is 117 Å². The number of rotatable bonds is 6. The standard InChI is InChI=1S/C18H19N3O5/c1-3-25-18(24)14-15(23)13(26-17(14)21-10(2)9-22)7-11-8-20-16-12(11)5-4-6-19-16/h4-8,10,21-23H,3,9H2,1-2H3. The van der Waals surface area contributed by atoms with Gasteiger partial charge in [-0.3, -0.25) is 0 Å². The predicted molar refractivity (Wildman–Crippen MR) is 96.8 cm³/mol. The van der Waals surface area contributed by atoms with Crippen LogP contribution in [0.2, 0.25) is 0 Å². The van der Waals surface area contributed by atoms with Crippen molar-refractivity contribution in [2.24, 2.45) is 4.99 Å². The fourth-order valence-electron chi connectivity index (χ4n) is 2.48. The molecule has 0 aromatic carbocycles. The molecule has 136 valence electrons. The van der Waals surface area contributed by atoms with Gasteiger partial charge in [-0.25, -0.2) is 14.8 Å². The first-order chi connectivity index (χ1) is 12.5. The molecule has 8 nitrogen and oxygen atoms in total. The Morgan fingerprint density at radius 1 is 1.50 bits per heavy atom. The molecule has 3 N–H and O–H groups in total. The maximum atomic E-state index is 12.2. The molecule has 1 unspecified atom stereocenters. The molecular weight excluding hydrogens is 338 g/mol. The number of nitrogens with zero attached hydrogens (tertiary/aromatic N) is 2. The van der Waals surface area contributed by atoms with E-state index in [-0.39, 0.29) is 42.2 Å². The number of carbonyl (C=O) groups is 1. The van der Waals surface area contributed by atoms with Crippen molar-refractivity contribution in [2.75, 3.05) is 18.5 Å². The Kier molecular flexibility index (Phi) is 5.04. The second-order valence-corrected chi connectivity index (χ2v) is 5.70. The van der Waals surface area contributed by atoms with Crippen molar-refractivity contribution < 1.29 is 24.2 Å². The third kappa shape index (κ3) is 3.31. The van der Waals surface area contributed by atoms with Gasteiger partial charge < -0.3 is 24.7 Å². The van der Waals surface area contributed by atoms with E-state index < -0.39 is 5.97 Å². The molecule has 0 saturated carbocycles. The van der Waals surface area contributed by atoms with E-state index in [9.17, 15) is 15.0 Å². The van der Waals surface area contributed by atoms with Crippen LogP contribution >= 0.6 is 0 Å². The number of aliphatic imine (C=N–C) groups is 1. The summed E-state index contributed by atoms with van der Waals surface area (Å²) in [5.74, 6) is -0.361. The number of furan rings is 1. The molecule has 0 radical (unpaired) electrons. The van der Waals surface area contributed by atoms with E-state index in [0.29, 0.717) is 11.4 Å². The molecule has 2 aromatic heterocycles. The van der Waals surface area contributed by atoms with Crippen LogP contribution in [0.4, 0.5) is 11.7 Å². The summed E-state index contributed by atoms with van der Waals surface area (Å²) in [6, 6.07) is 3.25. The highest BCUT2D eigenvalue weighted by atomic mass is 16.5. The van der Waals surface area contributed by atoms with Gasteiger partial charge in [-0.15, -0.1) is 0 Å². The van der Waals surface area contributed by atoms with Gasteiger partial charge in [-0.1, -0.05) is 0 Å². The average molecular weight is 357 g/mol. The lowest BCUT2D eigenvalue weighted by Gasteiger charge is -2.10. The molecule has 1 atom stereocenters. The molecule has 2 aromatic rings. The third-order valence-electron chi connectivity index (χ3n) is 3.75. The number of nitrogens with one attached hydrogen (secondary N) is 1. The van der Waals surface area contributed by atoms with Gasteiger partial charge in [0.05, 0.1) is 13.2 Å². The fraction of sp³-hybridized carbons (Fsp3) is 0.278. The van der Waals surface area contributed by atoms with Crippen LogP contribution in [0.5, 0.6) is 5.75 Å². The van der Waals surface area contributed by atoms with Crippen LogP contribution < -0.4 is 5.32 Å². The quantitative estimate of drug-likeness (QED) is 0.680. The molecule has 0 bridgehead atoms. The van der Waals surface area contributed by atoms with E-state index in [2.05, 4.69) is 15.3 Å². The van der Waals surface area contributed by atoms with E-state index in [0.717, 1.165) is 5.56 Å². The highest BCUT2D eigenvalue weighted by Crippen LogP contribution is 2.38. The molecule has 0 amide bonds. The van der Waals surface area contributed by atoms with Crippen LogP contribution in [0.15, 0.2) is 27.7 Å². The van der Waals surface area contributed by atoms with E-state index in [1.54, 1.807) is 38.4 Å². The number of aromatic nitrogens is 1. The van der Waals surface area contributed by atoms with Gasteiger partial charge in [0.15, 0.2) is 22.9 Å². The number of hydrogen-bond acceptors (Lipinski definition) is 8. The van der Waals surface area contributed by atoms with Crippen LogP contribution in [0, 0.1) is 0 Å². The first kappa shape index (κ1) is 17.7. The lowest BCUT2D eigenvalue weighted by Crippen LogP contribution is -2.20. The molecule has 0 saturated heterocycles. The average Bonchev–Trinajstić information content (AvgIpc) is 3.17. The minimum atomic E-state index is -0.715. The van der Waals surface area contributed by atoms with Gasteiger partial charge in [0.25, 0.3) is 0 Å². The summed E-state index contributed by atoms with van der Waals surface area (Å²) in [4.78, 5) is 20.6. The molecular formula is C18H19N3O5. The minimum absolute atomic E-state index is 0.0377. The second-order valence-electron chi connectivity index (χ2n) is 5.70. The number of aliphatic hydroxyl groups excluding tert-OH is 1. The molecule has 1 aliphatic heterocycles. The van der Waals surface area contributed by atoms with Crippen molar-refractivity contribution in [3.05, 3.63) is 35.2 Å². The van der Waals surface area contributed by atoms with Crippen LogP contribution in [-0.2, 0) is 4.74 Å². The van der Waals surface area contributed by atoms with Gasteiger partial charge in [-0.05, 0) is 32.1 Å². The summed E-state index contributed by atoms with van der Waals surface area (Å²) < 4.78 is 10.6. The number of fused-ring (bicyclic) bond motifs is 1. The Morgan fingerprint density at radius 3 is 3.04 bits per heavy atom. The highest BCUT2D eigenvalue weighted by Gasteiger charge is 2.27. The van der Waals surface area contributed by atoms with Crippen molar-refractivity contribution in [1.29, 1.82) is 0 Å². The lowest BCUT2D eigenvalue weighted by molar-refractivity contribution is 0.0524. The Hall–Kier alpha value is -3.13. The molecule has 0 spiro atoms. The van der Waals surface area contributed by atoms with Crippen molar-refractivity contribution in [3.8, 4) is 5.75 Å². The van der Waals surface area contributed by atoms with Crippen molar-refractivity contribution in [3.63, 3.8) is 0 Å². The van der Waals surface area contributed by atoms with E-state index in [1.165, 1.54) is 0 Å². The first-order valence-electron chi connectivity index (χ1n) is 8.16. The number of esters is 1. The highest BCUT2D eigenvalue weighted by molar-refractivity contribution is 6.21. The van der Waals surface area contributed by atoms with Gasteiger partial charge >= 0.3 is 5.97 Å². The zero-order chi connectivity index (χ0) is 18.7. The Balaban J connectivity index is 2.03. The zero-order valence-electron chi connectivity index (χ0n) is 14.4. The van der Waals surface area contributed by atoms with Gasteiger partial charge in [0, 0.05) is 29.6 Å². The summed E-state index contributed by atoms with van der Waals surface area (Å²) in [6.45, 7) is 3.35. The predicted octanol–water partition coefficient (Wildman–Crippen LogP) is 2.61. The number of carbonyl (C=O) groups excluding carboxylic acids is 1. The molecule has 3 heterocycles. The number of aromatic hydroxyl groups is 1. The van der Waals surface area contributed by atoms with Gasteiger partial charge in [-0.2, -0.15) is 0 Å². The monoisotopic (exact) mass is 357 g/mol. The maximum Gasteiger partial charge on any atom is 0.347 e. The molecule has 0 aliphatic carbocycles. The van der Waals surface area contributed by atoms with E-state index in [1.807, 2.05) is 6.07 Å². The Bertz CT molecular complexity index is 885. The van der Waals surface area contributed by atoms with Crippen molar-refractivity contribution >= 4 is 35.5 Å². The SMILES string of the molecule is CCOC(=O)c1c(NC(C)CO)oc(C=C2C=Nc3ncccc32)c1O. The van der Waals surface area contributed by atoms with Gasteiger partial charge in [0.2, 0.25) is 5.88 Å². The van der Waals surface area contributed by atoms with E-state index >= 15 is 0 Å². The number of hydrogen-bond donors (Lipinski definition) is 3. The van der Waals surface area contributed by atoms with Crippen LogP contribution in [0.1, 0.15) is 35.5 Å². The maximum absolute atomic E-state index is 12.2. The molecule has 0 fully saturated rings. The fourth-order valence-corrected chi connectivity index (χ4v) is 2.48. The molecule has 3 rings (SSSR count). The molecule has 8 heteroatoms. The smallest absolute Gasteiger partial charge is 0.347 e. The number of allylic oxidation sites excluding steroid dienone is 1. The van der Waals surface area contributed by atoms with Crippen molar-refractivity contribution in [1.82, 2.24) is 4.98 Å². The van der Waals surface area contributed by atoms with Crippen LogP contribution in [0.25, 0.3) is 11.6 Å². The number of anilines is 1. The van der Waals surface area contributed by atoms with Crippen LogP contribution in [-0.4, -0.2) is 46.6 Å². The molecule has 1 aliphatic rings. The summed E-state index contributed by atoms with van der Waals surface area (Å²) >= 11 is 0. The Labute approximate surface area is 149 Å². The zero-order valence-corrected chi connectivity index (χ0v) is 14.4. The summed E-state index contributed by atoms with van der Waals surface area (Å²) in [6.07, 6.45) is 4.82. The first-order valence-corrected chi connectivity index (χ1v) is 8.16. The largest absolute Gasteiger partial charge is 0.504 e. The molecule has 26 heavy (non-hydrogen) atoms. The lowest BCUT2D eigenvalue weighted by atomic mass is 10.1. The van der Waals surface area contributed by atoms with Crippen LogP contribution in [0.3, 0.4) is 0 Å². The van der Waals surface area contributed by atoms with E-state index in [4.69, 9.17) is 9.15 Å². The number of pyridine rings is 1. The number of aliphatic hydroxyl groups is 1. The minimum Gasteiger partial charge on any atom is -0.504 e. The summed E-state index contributed by atoms with van der Waals surface area (Å²) in [5, 5.41) is 22.6. The normalized spacial score (nSPS) is 15.1.